The van der Waals surface area contributed by atoms with Gasteiger partial charge in [0.1, 0.15) is 0 Å². The van der Waals surface area contributed by atoms with Gasteiger partial charge < -0.3 is 11.6 Å². The first kappa shape index (κ1) is 10.5. The van der Waals surface area contributed by atoms with Gasteiger partial charge in [0.15, 0.2) is 0 Å². The van der Waals surface area contributed by atoms with Gasteiger partial charge in [-0.25, -0.2) is 0 Å². The fourth-order valence-corrected chi connectivity index (χ4v) is 0.433. The topological polar surface area (TPSA) is 17.8 Å². The first-order chi connectivity index (χ1) is 4.85. The molecule has 0 N–H and O–H groups in total. The van der Waals surface area contributed by atoms with E-state index in [0.717, 1.165) is 0 Å². The Hall–Kier alpha value is 0.452. The van der Waals surface area contributed by atoms with Crippen LogP contribution in [-0.2, 0) is 22.5 Å². The average molecular weight is 272 g/mol. The number of nitrogens with zero attached hydrogens (tertiary/aromatic N) is 2. The van der Waals surface area contributed by atoms with Crippen molar-refractivity contribution in [3.8, 4) is 0 Å². The van der Waals surface area contributed by atoms with Crippen LogP contribution >= 0.6 is 19.1 Å². The number of hydrogen-bond acceptors (Lipinski definition) is 1. The summed E-state index contributed by atoms with van der Waals surface area (Å²) in [5.74, 6) is 0. The van der Waals surface area contributed by atoms with Gasteiger partial charge in [0.25, 0.3) is 0 Å². The Morgan fingerprint density at radius 1 is 1.60 bits per heavy atom. The molecule has 0 unspecified atom stereocenters. The summed E-state index contributed by atoms with van der Waals surface area (Å²) in [4.78, 5) is 0. The van der Waals surface area contributed by atoms with Gasteiger partial charge in [0.05, 0.1) is 0 Å². The molecular formula is C5H7Cl2N2Pd-. The second-order valence-electron chi connectivity index (χ2n) is 1.31. The molecule has 0 aliphatic rings. The zero-order valence-corrected chi connectivity index (χ0v) is 8.18. The Bertz CT molecular complexity index is 143. The number of hydrogen-bond donors (Lipinski definition) is 0. The molecule has 0 saturated carbocycles. The molecular weight excluding hydrogens is 265 g/mol. The van der Waals surface area contributed by atoms with E-state index in [2.05, 4.69) is 12.0 Å². The van der Waals surface area contributed by atoms with E-state index in [1.807, 2.05) is 12.3 Å². The minimum atomic E-state index is -0.106. The zero-order valence-electron chi connectivity index (χ0n) is 5.11. The van der Waals surface area contributed by atoms with E-state index in [-0.39, 0.29) is 15.9 Å². The Balaban J connectivity index is 0.000000236. The van der Waals surface area contributed by atoms with Crippen molar-refractivity contribution in [2.45, 2.75) is 6.54 Å². The normalized spacial score (nSPS) is 8.70. The molecule has 0 radical (unpaired) electrons. The molecule has 0 atom stereocenters. The summed E-state index contributed by atoms with van der Waals surface area (Å²) in [7, 11) is 9.63. The molecule has 0 aromatic carbocycles. The molecule has 0 aliphatic heterocycles. The molecule has 1 aromatic rings. The van der Waals surface area contributed by atoms with Crippen LogP contribution in [0.25, 0.3) is 0 Å². The Morgan fingerprint density at radius 3 is 2.40 bits per heavy atom. The van der Waals surface area contributed by atoms with Crippen LogP contribution in [0.5, 0.6) is 0 Å². The summed E-state index contributed by atoms with van der Waals surface area (Å²) in [6.07, 6.45) is 3.62. The van der Waals surface area contributed by atoms with Gasteiger partial charge in [0, 0.05) is 12.4 Å². The maximum absolute atomic E-state index is 4.81. The van der Waals surface area contributed by atoms with Crippen LogP contribution in [0.2, 0.25) is 0 Å². The first-order valence-corrected chi connectivity index (χ1v) is 6.44. The number of aromatic nitrogens is 2. The van der Waals surface area contributed by atoms with Crippen molar-refractivity contribution in [1.82, 2.24) is 9.78 Å². The second kappa shape index (κ2) is 7.56. The van der Waals surface area contributed by atoms with Crippen molar-refractivity contribution >= 4 is 19.1 Å². The molecule has 0 fully saturated rings. The zero-order chi connectivity index (χ0) is 7.82. The third-order valence-electron chi connectivity index (χ3n) is 0.788. The molecule has 1 heterocycles. The SMILES string of the molecule is [CH2-]Cn1cccn1.[Cl][Pd][Cl]. The van der Waals surface area contributed by atoms with Gasteiger partial charge in [-0.15, -0.1) is 0 Å². The average Bonchev–Trinajstić information content (AvgIpc) is 2.39. The van der Waals surface area contributed by atoms with Gasteiger partial charge in [0.2, 0.25) is 0 Å². The fraction of sp³-hybridized carbons (Fsp3) is 0.200. The van der Waals surface area contributed by atoms with Crippen molar-refractivity contribution in [2.24, 2.45) is 0 Å². The van der Waals surface area contributed by atoms with Gasteiger partial charge in [-0.2, -0.15) is 5.10 Å². The summed E-state index contributed by atoms with van der Waals surface area (Å²) in [6.45, 7) is 4.34. The predicted molar refractivity (Wildman–Crippen MR) is 39.3 cm³/mol. The molecule has 0 aliphatic carbocycles. The predicted octanol–water partition coefficient (Wildman–Crippen LogP) is 2.09. The molecule has 0 bridgehead atoms. The number of halogens is 2. The Kier molecular flexibility index (Phi) is 7.90. The van der Waals surface area contributed by atoms with Crippen molar-refractivity contribution in [1.29, 1.82) is 0 Å². The van der Waals surface area contributed by atoms with E-state index in [0.29, 0.717) is 6.54 Å². The second-order valence-corrected chi connectivity index (χ2v) is 3.67. The monoisotopic (exact) mass is 271 g/mol. The van der Waals surface area contributed by atoms with Crippen LogP contribution in [0, 0.1) is 6.92 Å². The minimum absolute atomic E-state index is 0.106. The van der Waals surface area contributed by atoms with Gasteiger partial charge >= 0.3 is 35.0 Å². The summed E-state index contributed by atoms with van der Waals surface area (Å²) in [6, 6.07) is 1.88. The Labute approximate surface area is 76.6 Å². The molecule has 5 heteroatoms. The molecule has 2 nitrogen and oxygen atoms in total. The third-order valence-corrected chi connectivity index (χ3v) is 0.788. The first-order valence-electron chi connectivity index (χ1n) is 2.44. The summed E-state index contributed by atoms with van der Waals surface area (Å²) < 4.78 is 1.76. The molecule has 0 saturated heterocycles. The quantitative estimate of drug-likeness (QED) is 0.565. The van der Waals surface area contributed by atoms with Crippen LogP contribution in [0.3, 0.4) is 0 Å². The van der Waals surface area contributed by atoms with Gasteiger partial charge in [-0.3, -0.25) is 0 Å². The van der Waals surface area contributed by atoms with E-state index in [1.165, 1.54) is 0 Å². The molecule has 0 spiro atoms. The maximum atomic E-state index is 4.81. The number of rotatable bonds is 1. The summed E-state index contributed by atoms with van der Waals surface area (Å²) in [5.41, 5.74) is 0. The van der Waals surface area contributed by atoms with Crippen molar-refractivity contribution in [2.75, 3.05) is 0 Å². The van der Waals surface area contributed by atoms with Crippen LogP contribution < -0.4 is 0 Å². The van der Waals surface area contributed by atoms with Gasteiger partial charge in [-0.1, -0.05) is 6.54 Å². The van der Waals surface area contributed by atoms with Crippen molar-refractivity contribution in [3.05, 3.63) is 25.4 Å². The van der Waals surface area contributed by atoms with E-state index >= 15 is 0 Å². The summed E-state index contributed by atoms with van der Waals surface area (Å²) >= 11 is -0.106. The van der Waals surface area contributed by atoms with Crippen LogP contribution in [-0.4, -0.2) is 9.78 Å². The van der Waals surface area contributed by atoms with E-state index in [1.54, 1.807) is 10.9 Å². The Morgan fingerprint density at radius 2 is 2.20 bits per heavy atom. The molecule has 1 rings (SSSR count). The van der Waals surface area contributed by atoms with Crippen molar-refractivity contribution in [3.63, 3.8) is 0 Å². The van der Waals surface area contributed by atoms with E-state index in [9.17, 15) is 0 Å². The van der Waals surface area contributed by atoms with Crippen LogP contribution in [0.15, 0.2) is 18.5 Å². The fourth-order valence-electron chi connectivity index (χ4n) is 0.433. The van der Waals surface area contributed by atoms with Crippen molar-refractivity contribution < 1.29 is 15.9 Å². The summed E-state index contributed by atoms with van der Waals surface area (Å²) in [5, 5.41) is 3.89. The van der Waals surface area contributed by atoms with Gasteiger partial charge in [-0.05, 0) is 6.07 Å². The molecule has 1 aromatic heterocycles. The standard InChI is InChI=1S/C5H7N2.2ClH.Pd/c1-2-7-5-3-4-6-7;;;/h3-5H,1-2H2;2*1H;/q-1;;;+2/p-2. The van der Waals surface area contributed by atoms with E-state index in [4.69, 9.17) is 19.1 Å². The molecule has 0 amide bonds. The molecule has 10 heavy (non-hydrogen) atoms. The molecule has 62 valence electrons. The van der Waals surface area contributed by atoms with E-state index < -0.39 is 0 Å². The van der Waals surface area contributed by atoms with Crippen LogP contribution in [0.4, 0.5) is 0 Å². The van der Waals surface area contributed by atoms with Crippen LogP contribution in [0.1, 0.15) is 0 Å². The third kappa shape index (κ3) is 5.25.